The molecule has 6 aromatic rings. The Hall–Kier alpha value is -5.12. The van der Waals surface area contributed by atoms with Crippen LogP contribution in [0.1, 0.15) is 79.8 Å². The third kappa shape index (κ3) is 6.03. The molecule has 3 atom stereocenters. The Labute approximate surface area is 334 Å². The van der Waals surface area contributed by atoms with Crippen molar-refractivity contribution in [1.82, 2.24) is 49.6 Å². The highest BCUT2D eigenvalue weighted by atomic mass is 19.1. The molecule has 58 heavy (non-hydrogen) atoms. The van der Waals surface area contributed by atoms with E-state index in [2.05, 4.69) is 29.3 Å². The highest BCUT2D eigenvalue weighted by Gasteiger charge is 2.49. The SMILES string of the molecule is CCc1cccc2cc3c(cnn3C3CCCCO3)c(-c3ncc4c(-c5c(C(=O)N(C)C)nn6c5CNCCC6)nc(OC[C@@]56CCCN5C[C@H](F)C6)nc4c3F)c12. The summed E-state index contributed by atoms with van der Waals surface area (Å²) in [5.74, 6) is -0.950. The van der Waals surface area contributed by atoms with Crippen molar-refractivity contribution in [3.63, 3.8) is 0 Å². The minimum Gasteiger partial charge on any atom is -0.461 e. The summed E-state index contributed by atoms with van der Waals surface area (Å²) < 4.78 is 49.2. The number of fused-ring (bicyclic) bond motifs is 5. The van der Waals surface area contributed by atoms with Crippen LogP contribution in [-0.4, -0.2) is 109 Å². The Morgan fingerprint density at radius 1 is 1.09 bits per heavy atom. The van der Waals surface area contributed by atoms with E-state index in [1.165, 1.54) is 4.90 Å². The summed E-state index contributed by atoms with van der Waals surface area (Å²) in [5, 5.41) is 16.0. The number of rotatable bonds is 8. The molecule has 0 bridgehead atoms. The van der Waals surface area contributed by atoms with Gasteiger partial charge in [-0.1, -0.05) is 25.1 Å². The fourth-order valence-corrected chi connectivity index (χ4v) is 9.87. The number of benzene rings is 2. The lowest BCUT2D eigenvalue weighted by Crippen LogP contribution is -2.43. The average molecular weight is 791 g/mol. The molecule has 15 heteroatoms. The number of amides is 1. The zero-order valence-corrected chi connectivity index (χ0v) is 33.2. The summed E-state index contributed by atoms with van der Waals surface area (Å²) in [6.45, 7) is 5.86. The molecule has 0 saturated carbocycles. The molecule has 4 aliphatic heterocycles. The van der Waals surface area contributed by atoms with Gasteiger partial charge < -0.3 is 19.7 Å². The number of alkyl halides is 1. The quantitative estimate of drug-likeness (QED) is 0.180. The zero-order valence-electron chi connectivity index (χ0n) is 33.2. The number of aromatic nitrogens is 7. The first-order valence-corrected chi connectivity index (χ1v) is 20.7. The van der Waals surface area contributed by atoms with Crippen molar-refractivity contribution in [2.24, 2.45) is 0 Å². The lowest BCUT2D eigenvalue weighted by molar-refractivity contribution is -0.0366. The van der Waals surface area contributed by atoms with E-state index in [-0.39, 0.29) is 41.7 Å². The second-order valence-corrected chi connectivity index (χ2v) is 16.5. The van der Waals surface area contributed by atoms with Gasteiger partial charge in [0.15, 0.2) is 17.7 Å². The highest BCUT2D eigenvalue weighted by molar-refractivity contribution is 6.13. The third-order valence-corrected chi connectivity index (χ3v) is 12.7. The van der Waals surface area contributed by atoms with Gasteiger partial charge in [0.25, 0.3) is 5.91 Å². The van der Waals surface area contributed by atoms with Crippen LogP contribution in [0.25, 0.3) is 55.1 Å². The number of aryl methyl sites for hydroxylation is 2. The second kappa shape index (κ2) is 14.6. The van der Waals surface area contributed by atoms with Crippen LogP contribution < -0.4 is 10.1 Å². The van der Waals surface area contributed by atoms with Gasteiger partial charge in [-0.25, -0.2) is 13.5 Å². The Balaban J connectivity index is 1.21. The van der Waals surface area contributed by atoms with Crippen molar-refractivity contribution in [1.29, 1.82) is 0 Å². The first-order valence-electron chi connectivity index (χ1n) is 20.7. The van der Waals surface area contributed by atoms with Gasteiger partial charge in [-0.15, -0.1) is 0 Å². The average Bonchev–Trinajstić information content (AvgIpc) is 3.96. The van der Waals surface area contributed by atoms with Gasteiger partial charge in [0.2, 0.25) is 0 Å². The van der Waals surface area contributed by atoms with Gasteiger partial charge in [0.1, 0.15) is 24.0 Å². The molecular weight excluding hydrogens is 743 g/mol. The summed E-state index contributed by atoms with van der Waals surface area (Å²) in [5.41, 5.74) is 3.91. The standard InChI is InChI=1S/C43H48F2N10O3/c1-4-25-10-7-11-26-18-30-28(21-48-55(30)32-12-5-6-17-57-32)34(33(25)26)39-36(45)38-29(20-47-39)37(35-31-22-46-14-9-16-54(31)51-40(35)41(56)52(2)3)49-42(50-38)58-24-43-13-8-15-53(43)23-27(44)19-43/h7,10-11,18,20-21,27,32,46H,4-6,8-9,12-17,19,22-24H2,1-3H3/t27-,32?,43+/m1/s1. The van der Waals surface area contributed by atoms with Crippen molar-refractivity contribution < 1.29 is 23.0 Å². The summed E-state index contributed by atoms with van der Waals surface area (Å²) in [4.78, 5) is 32.2. The molecule has 302 valence electrons. The molecule has 4 aromatic heterocycles. The Bertz CT molecular complexity index is 2580. The van der Waals surface area contributed by atoms with E-state index < -0.39 is 17.5 Å². The first-order chi connectivity index (χ1) is 28.2. The predicted octanol–water partition coefficient (Wildman–Crippen LogP) is 6.61. The predicted molar refractivity (Wildman–Crippen MR) is 216 cm³/mol. The number of nitrogens with one attached hydrogen (secondary N) is 1. The van der Waals surface area contributed by atoms with Gasteiger partial charge in [-0.05, 0) is 80.4 Å². The smallest absolute Gasteiger partial charge is 0.317 e. The maximum absolute atomic E-state index is 18.0. The van der Waals surface area contributed by atoms with Crippen molar-refractivity contribution in [3.05, 3.63) is 59.4 Å². The van der Waals surface area contributed by atoms with Gasteiger partial charge >= 0.3 is 6.01 Å². The molecule has 4 aliphatic rings. The number of ether oxygens (including phenoxy) is 2. The molecule has 0 aliphatic carbocycles. The Morgan fingerprint density at radius 2 is 1.98 bits per heavy atom. The summed E-state index contributed by atoms with van der Waals surface area (Å²) >= 11 is 0. The zero-order chi connectivity index (χ0) is 39.7. The second-order valence-electron chi connectivity index (χ2n) is 16.5. The Kier molecular flexibility index (Phi) is 9.36. The largest absolute Gasteiger partial charge is 0.461 e. The third-order valence-electron chi connectivity index (χ3n) is 12.7. The number of pyridine rings is 1. The van der Waals surface area contributed by atoms with Crippen LogP contribution in [0.4, 0.5) is 8.78 Å². The lowest BCUT2D eigenvalue weighted by atomic mass is 9.92. The van der Waals surface area contributed by atoms with E-state index in [9.17, 15) is 9.18 Å². The number of carbonyl (C=O) groups is 1. The van der Waals surface area contributed by atoms with Crippen molar-refractivity contribution in [3.8, 4) is 28.5 Å². The molecular formula is C43H48F2N10O3. The minimum absolute atomic E-state index is 0.00693. The maximum atomic E-state index is 18.0. The van der Waals surface area contributed by atoms with Crippen LogP contribution in [0.5, 0.6) is 6.01 Å². The van der Waals surface area contributed by atoms with E-state index in [1.54, 1.807) is 26.5 Å². The molecule has 2 aromatic carbocycles. The van der Waals surface area contributed by atoms with Crippen LogP contribution >= 0.6 is 0 Å². The van der Waals surface area contributed by atoms with Crippen molar-refractivity contribution in [2.45, 2.75) is 89.3 Å². The molecule has 0 spiro atoms. The van der Waals surface area contributed by atoms with Crippen molar-refractivity contribution in [2.75, 3.05) is 46.9 Å². The van der Waals surface area contributed by atoms with E-state index in [0.29, 0.717) is 54.9 Å². The van der Waals surface area contributed by atoms with Gasteiger partial charge in [0, 0.05) is 69.3 Å². The van der Waals surface area contributed by atoms with Crippen LogP contribution in [0, 0.1) is 5.82 Å². The fraction of sp³-hybridized carbons (Fsp3) is 0.488. The molecule has 1 N–H and O–H groups in total. The molecule has 13 nitrogen and oxygen atoms in total. The maximum Gasteiger partial charge on any atom is 0.317 e. The highest BCUT2D eigenvalue weighted by Crippen LogP contribution is 2.44. The van der Waals surface area contributed by atoms with Crippen LogP contribution in [0.2, 0.25) is 0 Å². The Morgan fingerprint density at radius 3 is 2.81 bits per heavy atom. The molecule has 10 rings (SSSR count). The topological polar surface area (TPSA) is 128 Å². The molecule has 8 heterocycles. The van der Waals surface area contributed by atoms with Crippen LogP contribution in [0.3, 0.4) is 0 Å². The number of hydrogen-bond donors (Lipinski definition) is 1. The summed E-state index contributed by atoms with van der Waals surface area (Å²) in [7, 11) is 3.36. The molecule has 0 radical (unpaired) electrons. The minimum atomic E-state index is -0.947. The summed E-state index contributed by atoms with van der Waals surface area (Å²) in [6.07, 6.45) is 8.73. The monoisotopic (exact) mass is 790 g/mol. The van der Waals surface area contributed by atoms with Crippen LogP contribution in [0.15, 0.2) is 36.7 Å². The van der Waals surface area contributed by atoms with Crippen molar-refractivity contribution >= 4 is 38.5 Å². The van der Waals surface area contributed by atoms with Gasteiger partial charge in [-0.3, -0.25) is 19.4 Å². The molecule has 3 saturated heterocycles. The van der Waals surface area contributed by atoms with Crippen LogP contribution in [-0.2, 0) is 24.2 Å². The number of hydrogen-bond acceptors (Lipinski definition) is 10. The summed E-state index contributed by atoms with van der Waals surface area (Å²) in [6, 6.07) is 8.20. The van der Waals surface area contributed by atoms with E-state index >= 15 is 4.39 Å². The van der Waals surface area contributed by atoms with Gasteiger partial charge in [-0.2, -0.15) is 20.2 Å². The van der Waals surface area contributed by atoms with E-state index in [0.717, 1.165) is 91.0 Å². The van der Waals surface area contributed by atoms with E-state index in [1.807, 2.05) is 21.5 Å². The number of halogens is 2. The number of nitrogens with zero attached hydrogens (tertiary/aromatic N) is 9. The number of carbonyl (C=O) groups excluding carboxylic acids is 1. The molecule has 3 fully saturated rings. The fourth-order valence-electron chi connectivity index (χ4n) is 9.87. The lowest BCUT2D eigenvalue weighted by Gasteiger charge is -2.30. The first kappa shape index (κ1) is 37.2. The molecule has 1 unspecified atom stereocenters. The van der Waals surface area contributed by atoms with Gasteiger partial charge in [0.05, 0.1) is 34.2 Å². The molecule has 1 amide bonds. The normalized spacial score (nSPS) is 22.4. The van der Waals surface area contributed by atoms with E-state index in [4.69, 9.17) is 34.6 Å².